The third kappa shape index (κ3) is 6.97. The Morgan fingerprint density at radius 1 is 1.27 bits per heavy atom. The molecule has 144 valence electrons. The van der Waals surface area contributed by atoms with Gasteiger partial charge in [0.2, 0.25) is 5.91 Å². The molecule has 0 spiro atoms. The molecule has 0 atom stereocenters. The van der Waals surface area contributed by atoms with Crippen molar-refractivity contribution in [1.29, 1.82) is 0 Å². The van der Waals surface area contributed by atoms with Gasteiger partial charge in [0.25, 0.3) is 5.69 Å². The summed E-state index contributed by atoms with van der Waals surface area (Å²) < 4.78 is 5.62. The van der Waals surface area contributed by atoms with Crippen molar-refractivity contribution in [2.75, 3.05) is 52.4 Å². The molecule has 2 rings (SSSR count). The number of carbonyl (C=O) groups excluding carboxylic acids is 1. The molecule has 1 heterocycles. The summed E-state index contributed by atoms with van der Waals surface area (Å²) in [7, 11) is 0. The summed E-state index contributed by atoms with van der Waals surface area (Å²) >= 11 is 0. The number of unbranched alkanes of at least 4 members (excludes halogenated alkanes) is 1. The van der Waals surface area contributed by atoms with Crippen LogP contribution in [-0.4, -0.2) is 73.1 Å². The minimum Gasteiger partial charge on any atom is -0.492 e. The molecule has 0 saturated carbocycles. The highest BCUT2D eigenvalue weighted by atomic mass is 16.6. The number of nitrogens with zero attached hydrogens (tertiary/aromatic N) is 3. The van der Waals surface area contributed by atoms with E-state index in [1.165, 1.54) is 12.1 Å². The summed E-state index contributed by atoms with van der Waals surface area (Å²) in [5, 5.41) is 13.7. The van der Waals surface area contributed by atoms with Crippen LogP contribution in [0.5, 0.6) is 5.75 Å². The van der Waals surface area contributed by atoms with Gasteiger partial charge in [-0.25, -0.2) is 0 Å². The maximum atomic E-state index is 11.8. The molecule has 0 bridgehead atoms. The van der Waals surface area contributed by atoms with Gasteiger partial charge in [0.05, 0.1) is 17.5 Å². The molecule has 26 heavy (non-hydrogen) atoms. The van der Waals surface area contributed by atoms with Crippen molar-refractivity contribution in [2.24, 2.45) is 0 Å². The van der Waals surface area contributed by atoms with E-state index in [1.807, 2.05) is 0 Å². The molecule has 8 nitrogen and oxygen atoms in total. The maximum absolute atomic E-state index is 11.8. The second kappa shape index (κ2) is 10.7. The van der Waals surface area contributed by atoms with Gasteiger partial charge >= 0.3 is 0 Å². The van der Waals surface area contributed by atoms with Crippen molar-refractivity contribution in [3.63, 3.8) is 0 Å². The van der Waals surface area contributed by atoms with E-state index in [1.54, 1.807) is 12.1 Å². The number of amides is 1. The Morgan fingerprint density at radius 2 is 2.00 bits per heavy atom. The number of hydrogen-bond acceptors (Lipinski definition) is 6. The molecule has 0 unspecified atom stereocenters. The Balaban J connectivity index is 1.62. The summed E-state index contributed by atoms with van der Waals surface area (Å²) in [5.74, 6) is 0.613. The molecule has 0 aromatic heterocycles. The Bertz CT molecular complexity index is 588. The van der Waals surface area contributed by atoms with Gasteiger partial charge in [0.1, 0.15) is 12.4 Å². The maximum Gasteiger partial charge on any atom is 0.273 e. The van der Waals surface area contributed by atoms with Gasteiger partial charge in [-0.05, 0) is 12.5 Å². The standard InChI is InChI=1S/C18H28N4O4/c1-2-3-7-19-18(23)15-21-10-8-20(9-11-21)12-13-26-17-6-4-5-16(14-17)22(24)25/h4-6,14H,2-3,7-13,15H2,1H3,(H,19,23). The molecule has 1 aromatic carbocycles. The fourth-order valence-corrected chi connectivity index (χ4v) is 2.81. The molecule has 1 amide bonds. The molecule has 8 heteroatoms. The zero-order chi connectivity index (χ0) is 18.8. The highest BCUT2D eigenvalue weighted by Crippen LogP contribution is 2.19. The Labute approximate surface area is 154 Å². The predicted octanol–water partition coefficient (Wildman–Crippen LogP) is 1.51. The van der Waals surface area contributed by atoms with Gasteiger partial charge in [0.15, 0.2) is 0 Å². The first kappa shape index (κ1) is 20.1. The van der Waals surface area contributed by atoms with E-state index in [0.29, 0.717) is 18.9 Å². The minimum absolute atomic E-state index is 0.0355. The third-order valence-corrected chi connectivity index (χ3v) is 4.39. The van der Waals surface area contributed by atoms with E-state index in [-0.39, 0.29) is 11.6 Å². The van der Waals surface area contributed by atoms with Crippen LogP contribution in [0.25, 0.3) is 0 Å². The molecular formula is C18H28N4O4. The second-order valence-electron chi connectivity index (χ2n) is 6.42. The summed E-state index contributed by atoms with van der Waals surface area (Å²) in [4.78, 5) is 26.6. The average Bonchev–Trinajstić information content (AvgIpc) is 2.63. The lowest BCUT2D eigenvalue weighted by Gasteiger charge is -2.34. The van der Waals surface area contributed by atoms with Crippen LogP contribution in [-0.2, 0) is 4.79 Å². The number of ether oxygens (including phenoxy) is 1. The fourth-order valence-electron chi connectivity index (χ4n) is 2.81. The van der Waals surface area contributed by atoms with Crippen molar-refractivity contribution >= 4 is 11.6 Å². The van der Waals surface area contributed by atoms with Crippen LogP contribution in [0.2, 0.25) is 0 Å². The number of rotatable bonds is 10. The van der Waals surface area contributed by atoms with E-state index in [2.05, 4.69) is 22.0 Å². The van der Waals surface area contributed by atoms with E-state index < -0.39 is 4.92 Å². The van der Waals surface area contributed by atoms with Crippen molar-refractivity contribution in [1.82, 2.24) is 15.1 Å². The van der Waals surface area contributed by atoms with Crippen LogP contribution >= 0.6 is 0 Å². The van der Waals surface area contributed by atoms with Gasteiger partial charge in [0, 0.05) is 45.3 Å². The van der Waals surface area contributed by atoms with E-state index in [9.17, 15) is 14.9 Å². The molecule has 0 aliphatic carbocycles. The van der Waals surface area contributed by atoms with E-state index in [4.69, 9.17) is 4.74 Å². The number of benzene rings is 1. The third-order valence-electron chi connectivity index (χ3n) is 4.39. The molecular weight excluding hydrogens is 336 g/mol. The number of non-ortho nitro benzene ring substituents is 1. The smallest absolute Gasteiger partial charge is 0.273 e. The van der Waals surface area contributed by atoms with E-state index in [0.717, 1.165) is 52.1 Å². The Morgan fingerprint density at radius 3 is 2.69 bits per heavy atom. The molecule has 1 fully saturated rings. The largest absolute Gasteiger partial charge is 0.492 e. The van der Waals surface area contributed by atoms with Crippen molar-refractivity contribution in [3.05, 3.63) is 34.4 Å². The molecule has 1 N–H and O–H groups in total. The first-order chi connectivity index (χ1) is 12.6. The number of nitrogens with one attached hydrogen (secondary N) is 1. The molecule has 1 saturated heterocycles. The van der Waals surface area contributed by atoms with Crippen LogP contribution in [0.15, 0.2) is 24.3 Å². The molecule has 1 aliphatic heterocycles. The van der Waals surface area contributed by atoms with Crippen LogP contribution in [0.3, 0.4) is 0 Å². The van der Waals surface area contributed by atoms with E-state index >= 15 is 0 Å². The fraction of sp³-hybridized carbons (Fsp3) is 0.611. The SMILES string of the molecule is CCCCNC(=O)CN1CCN(CCOc2cccc([N+](=O)[O-])c2)CC1. The normalized spacial score (nSPS) is 15.6. The lowest BCUT2D eigenvalue weighted by molar-refractivity contribution is -0.384. The minimum atomic E-state index is -0.426. The summed E-state index contributed by atoms with van der Waals surface area (Å²) in [6, 6.07) is 6.24. The van der Waals surface area contributed by atoms with Gasteiger partial charge in [-0.15, -0.1) is 0 Å². The molecule has 0 radical (unpaired) electrons. The van der Waals surface area contributed by atoms with Crippen molar-refractivity contribution in [3.8, 4) is 5.75 Å². The predicted molar refractivity (Wildman–Crippen MR) is 99.4 cm³/mol. The topological polar surface area (TPSA) is 88.0 Å². The van der Waals surface area contributed by atoms with Gasteiger partial charge in [-0.3, -0.25) is 24.7 Å². The van der Waals surface area contributed by atoms with Crippen molar-refractivity contribution in [2.45, 2.75) is 19.8 Å². The molecule has 1 aliphatic rings. The van der Waals surface area contributed by atoms with Crippen LogP contribution < -0.4 is 10.1 Å². The number of hydrogen-bond donors (Lipinski definition) is 1. The first-order valence-electron chi connectivity index (χ1n) is 9.17. The lowest BCUT2D eigenvalue weighted by atomic mass is 10.3. The van der Waals surface area contributed by atoms with Gasteiger partial charge < -0.3 is 10.1 Å². The quantitative estimate of drug-likeness (QED) is 0.385. The lowest BCUT2D eigenvalue weighted by Crippen LogP contribution is -2.50. The van der Waals surface area contributed by atoms with Gasteiger partial charge in [-0.2, -0.15) is 0 Å². The second-order valence-corrected chi connectivity index (χ2v) is 6.42. The Kier molecular flexibility index (Phi) is 8.30. The van der Waals surface area contributed by atoms with Crippen LogP contribution in [0.4, 0.5) is 5.69 Å². The first-order valence-corrected chi connectivity index (χ1v) is 9.17. The average molecular weight is 364 g/mol. The summed E-state index contributed by atoms with van der Waals surface area (Å²) in [6.45, 7) is 8.06. The monoisotopic (exact) mass is 364 g/mol. The number of nitro benzene ring substituents is 1. The number of nitro groups is 1. The Hall–Kier alpha value is -2.19. The van der Waals surface area contributed by atoms with Gasteiger partial charge in [-0.1, -0.05) is 19.4 Å². The summed E-state index contributed by atoms with van der Waals surface area (Å²) in [5.41, 5.74) is 0.0355. The van der Waals surface area contributed by atoms with Crippen LogP contribution in [0, 0.1) is 10.1 Å². The van der Waals surface area contributed by atoms with Crippen molar-refractivity contribution < 1.29 is 14.5 Å². The number of carbonyl (C=O) groups is 1. The van der Waals surface area contributed by atoms with Crippen LogP contribution in [0.1, 0.15) is 19.8 Å². The zero-order valence-electron chi connectivity index (χ0n) is 15.4. The molecule has 1 aromatic rings. The summed E-state index contributed by atoms with van der Waals surface area (Å²) in [6.07, 6.45) is 2.10. The number of piperazine rings is 1. The highest BCUT2D eigenvalue weighted by Gasteiger charge is 2.18. The zero-order valence-corrected chi connectivity index (χ0v) is 15.4. The highest BCUT2D eigenvalue weighted by molar-refractivity contribution is 5.77.